The smallest absolute Gasteiger partial charge is 0.270 e. The fraction of sp³-hybridized carbons (Fsp3) is 0.609. The number of nitrogens with one attached hydrogen (secondary N) is 1. The zero-order valence-corrected chi connectivity index (χ0v) is 19.4. The fourth-order valence-electron chi connectivity index (χ4n) is 5.11. The molecule has 2 aromatic rings. The van der Waals surface area contributed by atoms with E-state index in [1.807, 2.05) is 11.8 Å². The predicted octanol–water partition coefficient (Wildman–Crippen LogP) is 3.02. The van der Waals surface area contributed by atoms with E-state index in [4.69, 9.17) is 9.47 Å². The van der Waals surface area contributed by atoms with Crippen LogP contribution in [0.3, 0.4) is 0 Å². The van der Waals surface area contributed by atoms with Gasteiger partial charge in [-0.25, -0.2) is 8.42 Å². The first kappa shape index (κ1) is 21.9. The zero-order valence-electron chi connectivity index (χ0n) is 18.6. The number of carbonyl (C=O) groups is 1. The van der Waals surface area contributed by atoms with Gasteiger partial charge >= 0.3 is 0 Å². The highest BCUT2D eigenvalue weighted by atomic mass is 32.2. The monoisotopic (exact) mass is 461 g/mol. The van der Waals surface area contributed by atoms with E-state index in [0.29, 0.717) is 62.8 Å². The number of likely N-dealkylation sites (tertiary alicyclic amines) is 1. The van der Waals surface area contributed by atoms with Crippen LogP contribution < -0.4 is 0 Å². The molecule has 3 fully saturated rings. The largest absolute Gasteiger partial charge is 0.350 e. The standard InChI is InChI=1S/C23H31N3O5S/c1-17-19-16-18(32(28,29)26-10-4-2-3-5-11-26)6-7-20(19)24-21(17)22(27)25-12-8-23(9-13-25)30-14-15-31-23/h6-7,16,24H,2-5,8-15H2,1H3. The lowest BCUT2D eigenvalue weighted by atomic mass is 10.0. The fourth-order valence-corrected chi connectivity index (χ4v) is 6.65. The van der Waals surface area contributed by atoms with Gasteiger partial charge in [0, 0.05) is 49.9 Å². The van der Waals surface area contributed by atoms with Crippen LogP contribution in [0.4, 0.5) is 0 Å². The number of hydrogen-bond donors (Lipinski definition) is 1. The van der Waals surface area contributed by atoms with Crippen molar-refractivity contribution in [1.29, 1.82) is 0 Å². The van der Waals surface area contributed by atoms with E-state index < -0.39 is 15.8 Å². The second-order valence-electron chi connectivity index (χ2n) is 9.05. The maximum absolute atomic E-state index is 13.2. The molecule has 9 heteroatoms. The Morgan fingerprint density at radius 1 is 1.00 bits per heavy atom. The molecule has 3 saturated heterocycles. The van der Waals surface area contributed by atoms with Crippen LogP contribution in [0.2, 0.25) is 0 Å². The van der Waals surface area contributed by atoms with Gasteiger partial charge in [-0.1, -0.05) is 12.8 Å². The number of aryl methyl sites for hydroxylation is 1. The Bertz CT molecular complexity index is 1100. The minimum Gasteiger partial charge on any atom is -0.350 e. The van der Waals surface area contributed by atoms with Crippen molar-refractivity contribution in [2.75, 3.05) is 39.4 Å². The summed E-state index contributed by atoms with van der Waals surface area (Å²) in [7, 11) is -3.54. The second-order valence-corrected chi connectivity index (χ2v) is 11.0. The van der Waals surface area contributed by atoms with Gasteiger partial charge in [0.25, 0.3) is 5.91 Å². The van der Waals surface area contributed by atoms with Crippen LogP contribution in [0.15, 0.2) is 23.1 Å². The van der Waals surface area contributed by atoms with Gasteiger partial charge in [0.05, 0.1) is 18.1 Å². The molecule has 4 heterocycles. The normalized spacial score (nSPS) is 22.5. The Balaban J connectivity index is 1.39. The number of H-pyrrole nitrogens is 1. The molecule has 1 N–H and O–H groups in total. The first-order valence-electron chi connectivity index (χ1n) is 11.6. The van der Waals surface area contributed by atoms with Gasteiger partial charge in [-0.15, -0.1) is 0 Å². The molecule has 8 nitrogen and oxygen atoms in total. The Hall–Kier alpha value is -1.94. The number of nitrogens with zero attached hydrogens (tertiary/aromatic N) is 2. The average molecular weight is 462 g/mol. The number of aromatic nitrogens is 1. The molecule has 1 aromatic carbocycles. The van der Waals surface area contributed by atoms with Crippen molar-refractivity contribution in [2.24, 2.45) is 0 Å². The Kier molecular flexibility index (Phi) is 5.77. The lowest BCUT2D eigenvalue weighted by Gasteiger charge is -2.37. The molecule has 32 heavy (non-hydrogen) atoms. The molecule has 3 aliphatic heterocycles. The highest BCUT2D eigenvalue weighted by Gasteiger charge is 2.41. The number of carbonyl (C=O) groups excluding carboxylic acids is 1. The summed E-state index contributed by atoms with van der Waals surface area (Å²) in [5, 5.41) is 0.778. The third-order valence-corrected chi connectivity index (χ3v) is 8.97. The Morgan fingerprint density at radius 2 is 1.66 bits per heavy atom. The Morgan fingerprint density at radius 3 is 2.31 bits per heavy atom. The summed E-state index contributed by atoms with van der Waals surface area (Å²) in [6, 6.07) is 5.13. The number of sulfonamides is 1. The van der Waals surface area contributed by atoms with E-state index in [9.17, 15) is 13.2 Å². The van der Waals surface area contributed by atoms with E-state index in [-0.39, 0.29) is 5.91 Å². The molecule has 1 spiro atoms. The summed E-state index contributed by atoms with van der Waals surface area (Å²) in [4.78, 5) is 18.6. The van der Waals surface area contributed by atoms with Crippen molar-refractivity contribution in [2.45, 2.75) is 56.1 Å². The van der Waals surface area contributed by atoms with Gasteiger partial charge in [0.1, 0.15) is 5.69 Å². The third-order valence-electron chi connectivity index (χ3n) is 7.07. The van der Waals surface area contributed by atoms with Crippen molar-refractivity contribution in [3.8, 4) is 0 Å². The lowest BCUT2D eigenvalue weighted by molar-refractivity contribution is -0.181. The quantitative estimate of drug-likeness (QED) is 0.759. The molecule has 0 bridgehead atoms. The molecular weight excluding hydrogens is 430 g/mol. The molecule has 0 unspecified atom stereocenters. The number of hydrogen-bond acceptors (Lipinski definition) is 5. The highest BCUT2D eigenvalue weighted by molar-refractivity contribution is 7.89. The van der Waals surface area contributed by atoms with Crippen molar-refractivity contribution in [1.82, 2.24) is 14.2 Å². The highest BCUT2D eigenvalue weighted by Crippen LogP contribution is 2.33. The van der Waals surface area contributed by atoms with Gasteiger partial charge < -0.3 is 19.4 Å². The summed E-state index contributed by atoms with van der Waals surface area (Å²) >= 11 is 0. The van der Waals surface area contributed by atoms with Crippen molar-refractivity contribution in [3.63, 3.8) is 0 Å². The first-order chi connectivity index (χ1) is 15.4. The molecule has 0 saturated carbocycles. The summed E-state index contributed by atoms with van der Waals surface area (Å²) in [5.74, 6) is -0.591. The summed E-state index contributed by atoms with van der Waals surface area (Å²) < 4.78 is 39.6. The minimum atomic E-state index is -3.54. The third kappa shape index (κ3) is 3.85. The van der Waals surface area contributed by atoms with Crippen molar-refractivity contribution in [3.05, 3.63) is 29.5 Å². The molecule has 0 atom stereocenters. The second kappa shape index (κ2) is 8.44. The number of aromatic amines is 1. The summed E-state index contributed by atoms with van der Waals surface area (Å²) in [6.45, 7) is 5.38. The maximum Gasteiger partial charge on any atom is 0.270 e. The van der Waals surface area contributed by atoms with Crippen LogP contribution in [0.1, 0.15) is 54.6 Å². The molecule has 5 rings (SSSR count). The first-order valence-corrected chi connectivity index (χ1v) is 13.0. The number of ether oxygens (including phenoxy) is 2. The van der Waals surface area contributed by atoms with Crippen LogP contribution in [-0.4, -0.2) is 73.7 Å². The maximum atomic E-state index is 13.2. The van der Waals surface area contributed by atoms with E-state index in [2.05, 4.69) is 4.98 Å². The number of piperidine rings is 1. The summed E-state index contributed by atoms with van der Waals surface area (Å²) in [6.07, 6.45) is 5.27. The van der Waals surface area contributed by atoms with Crippen molar-refractivity contribution >= 4 is 26.8 Å². The lowest BCUT2D eigenvalue weighted by Crippen LogP contribution is -2.47. The SMILES string of the molecule is Cc1c(C(=O)N2CCC3(CC2)OCCO3)[nH]c2ccc(S(=O)(=O)N3CCCCCC3)cc12. The van der Waals surface area contributed by atoms with Gasteiger partial charge in [-0.2, -0.15) is 4.31 Å². The van der Waals surface area contributed by atoms with E-state index in [1.54, 1.807) is 22.5 Å². The van der Waals surface area contributed by atoms with Crippen LogP contribution in [0.25, 0.3) is 10.9 Å². The topological polar surface area (TPSA) is 91.9 Å². The van der Waals surface area contributed by atoms with E-state index >= 15 is 0 Å². The molecular formula is C23H31N3O5S. The van der Waals surface area contributed by atoms with Crippen LogP contribution in [0.5, 0.6) is 0 Å². The molecule has 1 aromatic heterocycles. The molecule has 0 radical (unpaired) electrons. The summed E-state index contributed by atoms with van der Waals surface area (Å²) in [5.41, 5.74) is 2.08. The van der Waals surface area contributed by atoms with Gasteiger partial charge in [0.2, 0.25) is 10.0 Å². The molecule has 174 valence electrons. The average Bonchev–Trinajstić information content (AvgIpc) is 3.26. The van der Waals surface area contributed by atoms with Crippen molar-refractivity contribution < 1.29 is 22.7 Å². The minimum absolute atomic E-state index is 0.0662. The van der Waals surface area contributed by atoms with Crippen LogP contribution >= 0.6 is 0 Å². The van der Waals surface area contributed by atoms with Gasteiger partial charge in [-0.3, -0.25) is 4.79 Å². The van der Waals surface area contributed by atoms with Crippen LogP contribution in [0, 0.1) is 6.92 Å². The van der Waals surface area contributed by atoms with E-state index in [0.717, 1.165) is 42.1 Å². The number of fused-ring (bicyclic) bond motifs is 1. The number of amides is 1. The van der Waals surface area contributed by atoms with Gasteiger partial charge in [-0.05, 0) is 43.5 Å². The zero-order chi connectivity index (χ0) is 22.3. The predicted molar refractivity (Wildman–Crippen MR) is 120 cm³/mol. The number of benzene rings is 1. The molecule has 0 aliphatic carbocycles. The molecule has 3 aliphatic rings. The van der Waals surface area contributed by atoms with Gasteiger partial charge in [0.15, 0.2) is 5.79 Å². The number of rotatable bonds is 3. The molecule has 1 amide bonds. The van der Waals surface area contributed by atoms with Crippen LogP contribution in [-0.2, 0) is 19.5 Å². The Labute approximate surface area is 188 Å². The van der Waals surface area contributed by atoms with E-state index in [1.165, 1.54) is 0 Å².